The number of primary sulfonamides is 1. The summed E-state index contributed by atoms with van der Waals surface area (Å²) in [4.78, 5) is 26.5. The highest BCUT2D eigenvalue weighted by molar-refractivity contribution is 8.00. The molecule has 0 bridgehead atoms. The van der Waals surface area contributed by atoms with Gasteiger partial charge in [-0.2, -0.15) is 0 Å². The average molecular weight is 544 g/mol. The van der Waals surface area contributed by atoms with Crippen LogP contribution in [0.15, 0.2) is 125 Å². The molecular weight excluding hydrogens is 518 g/mol. The SMILES string of the molecule is NS(=O)(=O)c1ccc(NC(=O)C(Sc2cccc(NC(=O)/C=C/c3ccccc3)c2)c2ccccc2)cc1. The van der Waals surface area contributed by atoms with Gasteiger partial charge >= 0.3 is 0 Å². The lowest BCUT2D eigenvalue weighted by Gasteiger charge is -2.18. The van der Waals surface area contributed by atoms with Crippen LogP contribution in [0.4, 0.5) is 11.4 Å². The van der Waals surface area contributed by atoms with Gasteiger partial charge in [0.1, 0.15) is 5.25 Å². The van der Waals surface area contributed by atoms with Crippen LogP contribution < -0.4 is 15.8 Å². The molecule has 7 nitrogen and oxygen atoms in total. The first-order valence-corrected chi connectivity index (χ1v) is 14.0. The lowest BCUT2D eigenvalue weighted by atomic mass is 10.1. The van der Waals surface area contributed by atoms with Gasteiger partial charge in [-0.3, -0.25) is 9.59 Å². The van der Waals surface area contributed by atoms with Crippen molar-refractivity contribution in [1.29, 1.82) is 0 Å². The molecule has 0 aliphatic heterocycles. The molecule has 0 radical (unpaired) electrons. The van der Waals surface area contributed by atoms with Crippen molar-refractivity contribution >= 4 is 51.1 Å². The number of anilines is 2. The Morgan fingerprint density at radius 3 is 2.08 bits per heavy atom. The van der Waals surface area contributed by atoms with Gasteiger partial charge in [-0.1, -0.05) is 66.7 Å². The largest absolute Gasteiger partial charge is 0.325 e. The van der Waals surface area contributed by atoms with Crippen LogP contribution in [-0.4, -0.2) is 20.2 Å². The number of amides is 2. The minimum atomic E-state index is -3.83. The monoisotopic (exact) mass is 543 g/mol. The fourth-order valence-electron chi connectivity index (χ4n) is 3.54. The van der Waals surface area contributed by atoms with E-state index in [9.17, 15) is 18.0 Å². The molecule has 0 aliphatic rings. The first-order valence-electron chi connectivity index (χ1n) is 11.6. The quantitative estimate of drug-likeness (QED) is 0.191. The van der Waals surface area contributed by atoms with Crippen molar-refractivity contribution in [2.75, 3.05) is 10.6 Å². The summed E-state index contributed by atoms with van der Waals surface area (Å²) >= 11 is 1.33. The van der Waals surface area contributed by atoms with Gasteiger partial charge in [-0.15, -0.1) is 11.8 Å². The minimum absolute atomic E-state index is 0.0399. The number of nitrogens with two attached hydrogens (primary N) is 1. The van der Waals surface area contributed by atoms with E-state index < -0.39 is 15.3 Å². The summed E-state index contributed by atoms with van der Waals surface area (Å²) in [6, 6.07) is 31.8. The molecule has 0 saturated carbocycles. The smallest absolute Gasteiger partial charge is 0.248 e. The third kappa shape index (κ3) is 7.66. The van der Waals surface area contributed by atoms with Crippen LogP contribution in [0.2, 0.25) is 0 Å². The van der Waals surface area contributed by atoms with Crippen molar-refractivity contribution in [2.45, 2.75) is 15.0 Å². The highest BCUT2D eigenvalue weighted by atomic mass is 32.2. The molecule has 2 amide bonds. The summed E-state index contributed by atoms with van der Waals surface area (Å²) in [5.74, 6) is -0.555. The van der Waals surface area contributed by atoms with Gasteiger partial charge in [-0.05, 0) is 59.7 Å². The summed E-state index contributed by atoms with van der Waals surface area (Å²) in [6.45, 7) is 0. The molecule has 0 fully saturated rings. The third-order valence-corrected chi connectivity index (χ3v) is 7.55. The predicted molar refractivity (Wildman–Crippen MR) is 152 cm³/mol. The average Bonchev–Trinajstić information content (AvgIpc) is 2.91. The normalized spacial score (nSPS) is 12.1. The molecular formula is C29H25N3O4S2. The Morgan fingerprint density at radius 2 is 1.42 bits per heavy atom. The molecule has 4 aromatic rings. The number of sulfonamides is 1. The van der Waals surface area contributed by atoms with E-state index in [0.29, 0.717) is 11.4 Å². The second kappa shape index (κ2) is 12.4. The van der Waals surface area contributed by atoms with Crippen molar-refractivity contribution in [3.8, 4) is 0 Å². The Bertz CT molecular complexity index is 1540. The number of hydrogen-bond acceptors (Lipinski definition) is 5. The van der Waals surface area contributed by atoms with Crippen LogP contribution in [0.1, 0.15) is 16.4 Å². The molecule has 0 heterocycles. The fourth-order valence-corrected chi connectivity index (χ4v) is 5.14. The van der Waals surface area contributed by atoms with Gasteiger partial charge in [0.25, 0.3) is 0 Å². The predicted octanol–water partition coefficient (Wildman–Crippen LogP) is 5.46. The summed E-state index contributed by atoms with van der Waals surface area (Å²) in [5, 5.41) is 10.2. The van der Waals surface area contributed by atoms with E-state index >= 15 is 0 Å². The lowest BCUT2D eigenvalue weighted by molar-refractivity contribution is -0.116. The van der Waals surface area contributed by atoms with Crippen molar-refractivity contribution in [3.05, 3.63) is 126 Å². The summed E-state index contributed by atoms with van der Waals surface area (Å²) in [5.41, 5.74) is 2.75. The number of hydrogen-bond donors (Lipinski definition) is 3. The maximum Gasteiger partial charge on any atom is 0.248 e. The maximum atomic E-state index is 13.3. The molecule has 0 aliphatic carbocycles. The summed E-state index contributed by atoms with van der Waals surface area (Å²) in [6.07, 6.45) is 3.20. The molecule has 0 spiro atoms. The number of nitrogens with one attached hydrogen (secondary N) is 2. The molecule has 0 aromatic heterocycles. The Balaban J connectivity index is 1.49. The zero-order valence-electron chi connectivity index (χ0n) is 20.2. The molecule has 4 N–H and O–H groups in total. The van der Waals surface area contributed by atoms with Gasteiger partial charge in [0.05, 0.1) is 4.90 Å². The van der Waals surface area contributed by atoms with Crippen LogP contribution >= 0.6 is 11.8 Å². The fraction of sp³-hybridized carbons (Fsp3) is 0.0345. The van der Waals surface area contributed by atoms with Gasteiger partial charge in [0, 0.05) is 22.3 Å². The Kier molecular flexibility index (Phi) is 8.75. The van der Waals surface area contributed by atoms with Crippen LogP contribution in [0.25, 0.3) is 6.08 Å². The van der Waals surface area contributed by atoms with E-state index in [4.69, 9.17) is 5.14 Å². The lowest BCUT2D eigenvalue weighted by Crippen LogP contribution is -2.19. The minimum Gasteiger partial charge on any atom is -0.325 e. The highest BCUT2D eigenvalue weighted by Crippen LogP contribution is 2.37. The van der Waals surface area contributed by atoms with Crippen LogP contribution in [0.5, 0.6) is 0 Å². The van der Waals surface area contributed by atoms with Crippen LogP contribution in [0.3, 0.4) is 0 Å². The first-order chi connectivity index (χ1) is 18.3. The van der Waals surface area contributed by atoms with Gasteiger partial charge in [0.2, 0.25) is 21.8 Å². The Labute approximate surface area is 225 Å². The number of carbonyl (C=O) groups excluding carboxylic acids is 2. The molecule has 0 saturated heterocycles. The number of rotatable bonds is 9. The van der Waals surface area contributed by atoms with Crippen LogP contribution in [-0.2, 0) is 19.6 Å². The van der Waals surface area contributed by atoms with Crippen molar-refractivity contribution < 1.29 is 18.0 Å². The molecule has 4 aromatic carbocycles. The van der Waals surface area contributed by atoms with Crippen molar-refractivity contribution in [1.82, 2.24) is 0 Å². The third-order valence-electron chi connectivity index (χ3n) is 5.37. The van der Waals surface area contributed by atoms with Gasteiger partial charge < -0.3 is 10.6 Å². The standard InChI is InChI=1S/C29H25N3O4S2/c30-38(35,36)26-17-15-23(16-18-26)32-29(34)28(22-10-5-2-6-11-22)37-25-13-7-12-24(20-25)31-27(33)19-14-21-8-3-1-4-9-21/h1-20,28H,(H,31,33)(H,32,34)(H2,30,35,36)/b19-14+. The van der Waals surface area contributed by atoms with E-state index in [1.54, 1.807) is 12.1 Å². The van der Waals surface area contributed by atoms with E-state index in [1.165, 1.54) is 42.1 Å². The molecule has 9 heteroatoms. The molecule has 38 heavy (non-hydrogen) atoms. The summed E-state index contributed by atoms with van der Waals surface area (Å²) < 4.78 is 23.0. The highest BCUT2D eigenvalue weighted by Gasteiger charge is 2.22. The molecule has 4 rings (SSSR count). The Morgan fingerprint density at radius 1 is 0.763 bits per heavy atom. The van der Waals surface area contributed by atoms with Gasteiger partial charge in [0.15, 0.2) is 0 Å². The number of thioether (sulfide) groups is 1. The number of carbonyl (C=O) groups is 2. The van der Waals surface area contributed by atoms with Gasteiger partial charge in [-0.25, -0.2) is 13.6 Å². The van der Waals surface area contributed by atoms with Crippen molar-refractivity contribution in [3.63, 3.8) is 0 Å². The van der Waals surface area contributed by atoms with E-state index in [1.807, 2.05) is 78.9 Å². The topological polar surface area (TPSA) is 118 Å². The van der Waals surface area contributed by atoms with Crippen LogP contribution in [0, 0.1) is 0 Å². The molecule has 192 valence electrons. The Hall–Kier alpha value is -4.18. The molecule has 1 unspecified atom stereocenters. The zero-order valence-corrected chi connectivity index (χ0v) is 21.8. The maximum absolute atomic E-state index is 13.3. The van der Waals surface area contributed by atoms with E-state index in [2.05, 4.69) is 10.6 Å². The van der Waals surface area contributed by atoms with Crippen molar-refractivity contribution in [2.24, 2.45) is 5.14 Å². The molecule has 1 atom stereocenters. The zero-order chi connectivity index (χ0) is 27.0. The van der Waals surface area contributed by atoms with E-state index in [0.717, 1.165) is 16.0 Å². The second-order valence-corrected chi connectivity index (χ2v) is 11.0. The summed E-state index contributed by atoms with van der Waals surface area (Å²) in [7, 11) is -3.83. The second-order valence-electron chi connectivity index (χ2n) is 8.23. The van der Waals surface area contributed by atoms with E-state index in [-0.39, 0.29) is 16.7 Å². The first kappa shape index (κ1) is 26.9. The number of benzene rings is 4.